The summed E-state index contributed by atoms with van der Waals surface area (Å²) in [6.07, 6.45) is 1.69. The average Bonchev–Trinajstić information content (AvgIpc) is 3.18. The van der Waals surface area contributed by atoms with E-state index in [0.717, 1.165) is 18.4 Å². The van der Waals surface area contributed by atoms with Crippen molar-refractivity contribution in [2.75, 3.05) is 18.1 Å². The highest BCUT2D eigenvalue weighted by atomic mass is 35.5. The summed E-state index contributed by atoms with van der Waals surface area (Å²) in [5.41, 5.74) is 2.66. The number of benzene rings is 3. The lowest BCUT2D eigenvalue weighted by molar-refractivity contribution is -0.132. The van der Waals surface area contributed by atoms with Crippen molar-refractivity contribution in [2.24, 2.45) is 0 Å². The van der Waals surface area contributed by atoms with Gasteiger partial charge in [0.2, 0.25) is 0 Å². The summed E-state index contributed by atoms with van der Waals surface area (Å²) in [5.74, 6) is -0.804. The number of ketones is 1. The number of hydrogen-bond acceptors (Lipinski definition) is 5. The Morgan fingerprint density at radius 2 is 1.73 bits per heavy atom. The molecule has 1 N–H and O–H groups in total. The first-order valence-corrected chi connectivity index (χ1v) is 12.8. The first-order valence-electron chi connectivity index (χ1n) is 12.4. The molecule has 0 saturated carbocycles. The van der Waals surface area contributed by atoms with Gasteiger partial charge in [0.15, 0.2) is 0 Å². The maximum atomic E-state index is 13.5. The number of anilines is 1. The van der Waals surface area contributed by atoms with E-state index < -0.39 is 17.7 Å². The molecule has 1 heterocycles. The molecule has 1 atom stereocenters. The van der Waals surface area contributed by atoms with Crippen LogP contribution in [0.3, 0.4) is 0 Å². The van der Waals surface area contributed by atoms with Gasteiger partial charge in [-0.15, -0.1) is 0 Å². The highest BCUT2D eigenvalue weighted by molar-refractivity contribution is 6.51. The Morgan fingerprint density at radius 3 is 2.41 bits per heavy atom. The molecule has 0 bridgehead atoms. The van der Waals surface area contributed by atoms with Crippen molar-refractivity contribution < 1.29 is 24.2 Å². The fourth-order valence-electron chi connectivity index (χ4n) is 4.37. The van der Waals surface area contributed by atoms with Gasteiger partial charge in [-0.25, -0.2) is 0 Å². The number of carbonyl (C=O) groups is 2. The molecule has 37 heavy (non-hydrogen) atoms. The van der Waals surface area contributed by atoms with Crippen LogP contribution in [0.4, 0.5) is 5.69 Å². The standard InChI is InChI=1S/C30H30ClNO5/c1-4-16-37-23-9-7-8-22(18-23)32-27(20-12-10-19(5-2)11-13-20)26(29(34)30(32)35)28(33)21-14-15-24(31)25(17-21)36-6-3/h7-15,17-18,27,33H,4-6,16H2,1-3H3/b28-26+. The number of aliphatic hydroxyl groups excluding tert-OH is 1. The van der Waals surface area contributed by atoms with Crippen LogP contribution >= 0.6 is 11.6 Å². The van der Waals surface area contributed by atoms with Crippen molar-refractivity contribution in [1.82, 2.24) is 0 Å². The molecular weight excluding hydrogens is 490 g/mol. The highest BCUT2D eigenvalue weighted by Crippen LogP contribution is 2.43. The predicted octanol–water partition coefficient (Wildman–Crippen LogP) is 6.72. The van der Waals surface area contributed by atoms with Crippen LogP contribution in [-0.4, -0.2) is 30.0 Å². The third-order valence-corrected chi connectivity index (χ3v) is 6.53. The Hall–Kier alpha value is -3.77. The SMILES string of the molecule is CCCOc1cccc(N2C(=O)C(=O)/C(=C(/O)c3ccc(Cl)c(OCC)c3)C2c2ccc(CC)cc2)c1. The highest BCUT2D eigenvalue weighted by Gasteiger charge is 2.47. The van der Waals surface area contributed by atoms with Gasteiger partial charge < -0.3 is 14.6 Å². The maximum absolute atomic E-state index is 13.5. The molecule has 3 aromatic carbocycles. The van der Waals surface area contributed by atoms with E-state index in [1.165, 1.54) is 4.90 Å². The van der Waals surface area contributed by atoms with Gasteiger partial charge in [0, 0.05) is 17.3 Å². The third kappa shape index (κ3) is 5.35. The van der Waals surface area contributed by atoms with Gasteiger partial charge in [0.25, 0.3) is 11.7 Å². The lowest BCUT2D eigenvalue weighted by Gasteiger charge is -2.26. The molecule has 1 aliphatic heterocycles. The average molecular weight is 520 g/mol. The quantitative estimate of drug-likeness (QED) is 0.193. The second kappa shape index (κ2) is 11.5. The summed E-state index contributed by atoms with van der Waals surface area (Å²) in [7, 11) is 0. The lowest BCUT2D eigenvalue weighted by atomic mass is 9.94. The number of amides is 1. The molecule has 0 aliphatic carbocycles. The zero-order valence-electron chi connectivity index (χ0n) is 21.2. The second-order valence-electron chi connectivity index (χ2n) is 8.69. The number of rotatable bonds is 9. The van der Waals surface area contributed by atoms with Crippen LogP contribution in [0.5, 0.6) is 11.5 Å². The molecule has 1 unspecified atom stereocenters. The summed E-state index contributed by atoms with van der Waals surface area (Å²) in [6.45, 7) is 6.81. The molecule has 1 saturated heterocycles. The molecule has 4 rings (SSSR count). The van der Waals surface area contributed by atoms with Crippen LogP contribution in [-0.2, 0) is 16.0 Å². The van der Waals surface area contributed by atoms with E-state index in [4.69, 9.17) is 21.1 Å². The van der Waals surface area contributed by atoms with Crippen molar-refractivity contribution in [3.63, 3.8) is 0 Å². The van der Waals surface area contributed by atoms with Crippen LogP contribution in [0.2, 0.25) is 5.02 Å². The molecule has 0 spiro atoms. The van der Waals surface area contributed by atoms with E-state index in [9.17, 15) is 14.7 Å². The first-order chi connectivity index (χ1) is 17.9. The monoisotopic (exact) mass is 519 g/mol. The van der Waals surface area contributed by atoms with Crippen molar-refractivity contribution in [2.45, 2.75) is 39.7 Å². The van der Waals surface area contributed by atoms with Crippen LogP contribution in [0.25, 0.3) is 5.76 Å². The third-order valence-electron chi connectivity index (χ3n) is 6.22. The molecular formula is C30H30ClNO5. The molecule has 1 aliphatic rings. The summed E-state index contributed by atoms with van der Waals surface area (Å²) >= 11 is 6.23. The zero-order valence-corrected chi connectivity index (χ0v) is 21.9. The fraction of sp³-hybridized carbons (Fsp3) is 0.267. The van der Waals surface area contributed by atoms with Crippen LogP contribution in [0.1, 0.15) is 49.9 Å². The van der Waals surface area contributed by atoms with Crippen molar-refractivity contribution in [3.05, 3.63) is 94.0 Å². The number of hydrogen-bond donors (Lipinski definition) is 1. The van der Waals surface area contributed by atoms with E-state index >= 15 is 0 Å². The van der Waals surface area contributed by atoms with Gasteiger partial charge in [-0.2, -0.15) is 0 Å². The van der Waals surface area contributed by atoms with Crippen LogP contribution < -0.4 is 14.4 Å². The number of aryl methyl sites for hydroxylation is 1. The first kappa shape index (κ1) is 26.3. The van der Waals surface area contributed by atoms with Crippen molar-refractivity contribution >= 4 is 34.7 Å². The molecule has 0 aromatic heterocycles. The predicted molar refractivity (Wildman–Crippen MR) is 145 cm³/mol. The largest absolute Gasteiger partial charge is 0.507 e. The Labute approximate surface area is 222 Å². The van der Waals surface area contributed by atoms with E-state index in [2.05, 4.69) is 6.92 Å². The van der Waals surface area contributed by atoms with Crippen LogP contribution in [0, 0.1) is 0 Å². The topological polar surface area (TPSA) is 76.1 Å². The number of ether oxygens (including phenoxy) is 2. The molecule has 7 heteroatoms. The molecule has 192 valence electrons. The van der Waals surface area contributed by atoms with E-state index in [1.807, 2.05) is 44.2 Å². The normalized spacial score (nSPS) is 16.8. The Balaban J connectivity index is 1.89. The summed E-state index contributed by atoms with van der Waals surface area (Å²) in [5, 5.41) is 11.8. The van der Waals surface area contributed by atoms with Gasteiger partial charge in [-0.3, -0.25) is 14.5 Å². The maximum Gasteiger partial charge on any atom is 0.300 e. The van der Waals surface area contributed by atoms with E-state index in [0.29, 0.717) is 46.5 Å². The Morgan fingerprint density at radius 1 is 0.973 bits per heavy atom. The molecule has 1 fully saturated rings. The molecule has 0 radical (unpaired) electrons. The molecule has 3 aromatic rings. The van der Waals surface area contributed by atoms with Gasteiger partial charge in [-0.1, -0.05) is 55.8 Å². The number of carbonyl (C=O) groups excluding carboxylic acids is 2. The van der Waals surface area contributed by atoms with Crippen molar-refractivity contribution in [1.29, 1.82) is 0 Å². The Kier molecular flexibility index (Phi) is 8.19. The fourth-order valence-corrected chi connectivity index (χ4v) is 4.54. The van der Waals surface area contributed by atoms with Gasteiger partial charge in [0.1, 0.15) is 17.3 Å². The molecule has 1 amide bonds. The minimum absolute atomic E-state index is 0.00102. The summed E-state index contributed by atoms with van der Waals surface area (Å²) in [6, 6.07) is 18.7. The molecule has 6 nitrogen and oxygen atoms in total. The Bertz CT molecular complexity index is 1330. The van der Waals surface area contributed by atoms with Gasteiger partial charge in [-0.05, 0) is 61.2 Å². The zero-order chi connectivity index (χ0) is 26.5. The smallest absolute Gasteiger partial charge is 0.300 e. The number of nitrogens with zero attached hydrogens (tertiary/aromatic N) is 1. The minimum Gasteiger partial charge on any atom is -0.507 e. The number of aliphatic hydroxyl groups is 1. The summed E-state index contributed by atoms with van der Waals surface area (Å²) < 4.78 is 11.3. The second-order valence-corrected chi connectivity index (χ2v) is 9.10. The summed E-state index contributed by atoms with van der Waals surface area (Å²) in [4.78, 5) is 28.3. The number of halogens is 1. The van der Waals surface area contributed by atoms with E-state index in [-0.39, 0.29) is 11.3 Å². The van der Waals surface area contributed by atoms with Crippen molar-refractivity contribution in [3.8, 4) is 11.5 Å². The minimum atomic E-state index is -0.835. The van der Waals surface area contributed by atoms with Crippen LogP contribution in [0.15, 0.2) is 72.3 Å². The van der Waals surface area contributed by atoms with Gasteiger partial charge in [0.05, 0.1) is 29.9 Å². The van der Waals surface area contributed by atoms with Gasteiger partial charge >= 0.3 is 0 Å². The lowest BCUT2D eigenvalue weighted by Crippen LogP contribution is -2.29. The van der Waals surface area contributed by atoms with E-state index in [1.54, 1.807) is 36.4 Å². The number of Topliss-reactive ketones (excluding diaryl/α,β-unsaturated/α-hetero) is 1.